The molecule has 1 aromatic carbocycles. The molecule has 2 aromatic rings. The number of imidazole rings is 1. The zero-order valence-electron chi connectivity index (χ0n) is 13.3. The summed E-state index contributed by atoms with van der Waals surface area (Å²) in [7, 11) is 0. The Bertz CT molecular complexity index is 789. The van der Waals surface area contributed by atoms with Crippen molar-refractivity contribution in [1.29, 1.82) is 0 Å². The lowest BCUT2D eigenvalue weighted by atomic mass is 10.2. The number of hydrogen-bond acceptors (Lipinski definition) is 5. The SMILES string of the molecule is CC(C)OCCCn1c(N)nc2cc3c(cc21)OC(F)(F)C(=O)N3. The van der Waals surface area contributed by atoms with Gasteiger partial charge in [0.15, 0.2) is 5.75 Å². The second kappa shape index (κ2) is 5.90. The van der Waals surface area contributed by atoms with Crippen LogP contribution in [0, 0.1) is 0 Å². The fraction of sp³-hybridized carbons (Fsp3) is 0.467. The Hall–Kier alpha value is -2.42. The highest BCUT2D eigenvalue weighted by Crippen LogP contribution is 2.38. The smallest absolute Gasteiger partial charge is 0.423 e. The molecule has 24 heavy (non-hydrogen) atoms. The number of nitrogens with zero attached hydrogens (tertiary/aromatic N) is 2. The van der Waals surface area contributed by atoms with Gasteiger partial charge in [-0.1, -0.05) is 0 Å². The number of ether oxygens (including phenoxy) is 2. The number of nitrogens with one attached hydrogen (secondary N) is 1. The van der Waals surface area contributed by atoms with Gasteiger partial charge in [-0.15, -0.1) is 0 Å². The van der Waals surface area contributed by atoms with Crippen LogP contribution in [-0.4, -0.2) is 34.3 Å². The van der Waals surface area contributed by atoms with Crippen molar-refractivity contribution in [1.82, 2.24) is 9.55 Å². The van der Waals surface area contributed by atoms with E-state index in [4.69, 9.17) is 10.5 Å². The van der Waals surface area contributed by atoms with Crippen molar-refractivity contribution in [3.05, 3.63) is 12.1 Å². The maximum Gasteiger partial charge on any atom is 0.482 e. The Morgan fingerprint density at radius 3 is 2.92 bits per heavy atom. The van der Waals surface area contributed by atoms with E-state index in [1.165, 1.54) is 12.1 Å². The molecule has 3 rings (SSSR count). The highest BCUT2D eigenvalue weighted by molar-refractivity contribution is 6.01. The quantitative estimate of drug-likeness (QED) is 0.815. The van der Waals surface area contributed by atoms with E-state index in [0.717, 1.165) is 0 Å². The molecule has 0 spiro atoms. The molecule has 0 atom stereocenters. The highest BCUT2D eigenvalue weighted by atomic mass is 19.3. The Balaban J connectivity index is 1.89. The van der Waals surface area contributed by atoms with Crippen LogP contribution in [0.25, 0.3) is 11.0 Å². The number of nitrogens with two attached hydrogens (primary N) is 1. The molecule has 0 saturated heterocycles. The summed E-state index contributed by atoms with van der Waals surface area (Å²) in [6, 6.07) is 2.87. The van der Waals surface area contributed by atoms with Crippen molar-refractivity contribution in [2.45, 2.75) is 39.0 Å². The van der Waals surface area contributed by atoms with E-state index in [9.17, 15) is 13.6 Å². The number of benzene rings is 1. The summed E-state index contributed by atoms with van der Waals surface area (Å²) in [5.74, 6) is -1.37. The van der Waals surface area contributed by atoms with Crippen molar-refractivity contribution >= 4 is 28.6 Å². The van der Waals surface area contributed by atoms with Gasteiger partial charge < -0.3 is 25.1 Å². The molecular formula is C15H18F2N4O3. The number of aromatic nitrogens is 2. The number of fused-ring (bicyclic) bond motifs is 2. The minimum absolute atomic E-state index is 0.119. The largest absolute Gasteiger partial charge is 0.482 e. The van der Waals surface area contributed by atoms with Crippen molar-refractivity contribution in [2.75, 3.05) is 17.7 Å². The van der Waals surface area contributed by atoms with Crippen LogP contribution in [0.1, 0.15) is 20.3 Å². The first kappa shape index (κ1) is 16.4. The van der Waals surface area contributed by atoms with Gasteiger partial charge in [0.05, 0.1) is 22.8 Å². The Morgan fingerprint density at radius 2 is 2.21 bits per heavy atom. The molecule has 2 heterocycles. The molecule has 7 nitrogen and oxygen atoms in total. The first-order chi connectivity index (χ1) is 11.3. The number of carbonyl (C=O) groups excluding carboxylic acids is 1. The minimum atomic E-state index is -3.90. The van der Waals surface area contributed by atoms with E-state index < -0.39 is 12.0 Å². The average Bonchev–Trinajstić information content (AvgIpc) is 2.77. The standard InChI is InChI=1S/C15H18F2N4O3/c1-8(2)23-5-3-4-21-11-7-12-10(6-9(11)20-14(21)18)19-13(22)15(16,17)24-12/h6-8H,3-5H2,1-2H3,(H2,18,20)(H,19,22). The van der Waals surface area contributed by atoms with Crippen LogP contribution in [0.15, 0.2) is 12.1 Å². The summed E-state index contributed by atoms with van der Waals surface area (Å²) in [6.07, 6.45) is -3.07. The van der Waals surface area contributed by atoms with Crippen LogP contribution in [0.4, 0.5) is 20.4 Å². The molecule has 1 amide bonds. The third-order valence-corrected chi connectivity index (χ3v) is 3.61. The van der Waals surface area contributed by atoms with Crippen LogP contribution in [0.2, 0.25) is 0 Å². The van der Waals surface area contributed by atoms with Crippen molar-refractivity contribution in [3.8, 4) is 5.75 Å². The number of alkyl halides is 2. The Morgan fingerprint density at radius 1 is 1.46 bits per heavy atom. The number of anilines is 2. The summed E-state index contributed by atoms with van der Waals surface area (Å²) in [5, 5.41) is 2.11. The van der Waals surface area contributed by atoms with Gasteiger partial charge in [-0.3, -0.25) is 4.79 Å². The zero-order valence-corrected chi connectivity index (χ0v) is 13.3. The van der Waals surface area contributed by atoms with E-state index in [-0.39, 0.29) is 23.5 Å². The van der Waals surface area contributed by atoms with Crippen molar-refractivity contribution < 1.29 is 23.0 Å². The molecule has 1 aliphatic rings. The number of hydrogen-bond donors (Lipinski definition) is 2. The number of rotatable bonds is 5. The van der Waals surface area contributed by atoms with E-state index in [1.54, 1.807) is 4.57 Å². The maximum absolute atomic E-state index is 13.4. The summed E-state index contributed by atoms with van der Waals surface area (Å²) < 4.78 is 38.5. The fourth-order valence-electron chi connectivity index (χ4n) is 2.51. The van der Waals surface area contributed by atoms with Crippen LogP contribution in [0.5, 0.6) is 5.75 Å². The van der Waals surface area contributed by atoms with Gasteiger partial charge in [-0.2, -0.15) is 8.78 Å². The van der Waals surface area contributed by atoms with Gasteiger partial charge in [0.2, 0.25) is 5.95 Å². The van der Waals surface area contributed by atoms with Crippen LogP contribution in [0.3, 0.4) is 0 Å². The van der Waals surface area contributed by atoms with Crippen molar-refractivity contribution in [2.24, 2.45) is 0 Å². The molecule has 0 aliphatic carbocycles. The molecule has 0 bridgehead atoms. The number of aryl methyl sites for hydroxylation is 1. The second-order valence-electron chi connectivity index (χ2n) is 5.80. The van der Waals surface area contributed by atoms with Crippen molar-refractivity contribution in [3.63, 3.8) is 0 Å². The molecule has 0 unspecified atom stereocenters. The molecule has 3 N–H and O–H groups in total. The van der Waals surface area contributed by atoms with Crippen LogP contribution < -0.4 is 15.8 Å². The number of carbonyl (C=O) groups is 1. The lowest BCUT2D eigenvalue weighted by Crippen LogP contribution is -2.43. The lowest BCUT2D eigenvalue weighted by Gasteiger charge is -2.24. The summed E-state index contributed by atoms with van der Waals surface area (Å²) in [5.41, 5.74) is 7.10. The van der Waals surface area contributed by atoms with Crippen LogP contribution >= 0.6 is 0 Å². The van der Waals surface area contributed by atoms with Gasteiger partial charge in [0, 0.05) is 19.2 Å². The Kier molecular flexibility index (Phi) is 4.04. The van der Waals surface area contributed by atoms with E-state index >= 15 is 0 Å². The van der Waals surface area contributed by atoms with Gasteiger partial charge >= 0.3 is 12.0 Å². The van der Waals surface area contributed by atoms with E-state index in [0.29, 0.717) is 30.6 Å². The molecule has 9 heteroatoms. The topological polar surface area (TPSA) is 91.4 Å². The zero-order chi connectivity index (χ0) is 17.5. The van der Waals surface area contributed by atoms with Gasteiger partial charge in [-0.05, 0) is 26.3 Å². The predicted octanol–water partition coefficient (Wildman–Crippen LogP) is 2.36. The number of nitrogen functional groups attached to an aromatic ring is 1. The third-order valence-electron chi connectivity index (χ3n) is 3.61. The summed E-state index contributed by atoms with van der Waals surface area (Å²) >= 11 is 0. The maximum atomic E-state index is 13.4. The molecule has 1 aromatic heterocycles. The lowest BCUT2D eigenvalue weighted by molar-refractivity contribution is -0.189. The minimum Gasteiger partial charge on any atom is -0.423 e. The molecule has 0 radical (unpaired) electrons. The first-order valence-electron chi connectivity index (χ1n) is 7.57. The molecule has 1 aliphatic heterocycles. The summed E-state index contributed by atoms with van der Waals surface area (Å²) in [4.78, 5) is 15.5. The van der Waals surface area contributed by atoms with E-state index in [2.05, 4.69) is 15.0 Å². The predicted molar refractivity (Wildman–Crippen MR) is 84.1 cm³/mol. The molecule has 0 fully saturated rings. The van der Waals surface area contributed by atoms with Crippen LogP contribution in [-0.2, 0) is 16.1 Å². The molecular weight excluding hydrogens is 322 g/mol. The monoisotopic (exact) mass is 340 g/mol. The first-order valence-corrected chi connectivity index (χ1v) is 7.57. The number of halogens is 2. The third kappa shape index (κ3) is 2.99. The molecule has 0 saturated carbocycles. The van der Waals surface area contributed by atoms with Gasteiger partial charge in [-0.25, -0.2) is 4.98 Å². The number of amides is 1. The fourth-order valence-corrected chi connectivity index (χ4v) is 2.51. The highest BCUT2D eigenvalue weighted by Gasteiger charge is 2.46. The Labute approximate surface area is 136 Å². The van der Waals surface area contributed by atoms with E-state index in [1.807, 2.05) is 13.8 Å². The van der Waals surface area contributed by atoms with Gasteiger partial charge in [0.25, 0.3) is 0 Å². The average molecular weight is 340 g/mol. The van der Waals surface area contributed by atoms with Gasteiger partial charge in [0.1, 0.15) is 0 Å². The second-order valence-corrected chi connectivity index (χ2v) is 5.80. The normalized spacial score (nSPS) is 16.1. The molecule has 130 valence electrons. The summed E-state index contributed by atoms with van der Waals surface area (Å²) in [6.45, 7) is 4.96.